The molecule has 0 aromatic rings. The van der Waals surface area contributed by atoms with Gasteiger partial charge < -0.3 is 20.5 Å². The maximum absolute atomic E-state index is 5.89. The largest absolute Gasteiger partial charge is 0.385 e. The molecule has 0 aliphatic carbocycles. The van der Waals surface area contributed by atoms with E-state index in [0.29, 0.717) is 6.10 Å². The topological polar surface area (TPSA) is 56.5 Å². The minimum Gasteiger partial charge on any atom is -0.385 e. The first-order valence-electron chi connectivity index (χ1n) is 5.89. The van der Waals surface area contributed by atoms with E-state index in [4.69, 9.17) is 15.2 Å². The minimum atomic E-state index is 0.188. The summed E-state index contributed by atoms with van der Waals surface area (Å²) in [6.07, 6.45) is 5.00. The van der Waals surface area contributed by atoms with Gasteiger partial charge in [0.15, 0.2) is 0 Å². The Morgan fingerprint density at radius 2 is 2.40 bits per heavy atom. The van der Waals surface area contributed by atoms with Gasteiger partial charge in [-0.3, -0.25) is 0 Å². The predicted molar refractivity (Wildman–Crippen MR) is 60.9 cm³/mol. The highest BCUT2D eigenvalue weighted by Crippen LogP contribution is 2.11. The molecule has 1 fully saturated rings. The monoisotopic (exact) mass is 216 g/mol. The molecule has 0 aromatic heterocycles. The van der Waals surface area contributed by atoms with Crippen LogP contribution in [0.5, 0.6) is 0 Å². The van der Waals surface area contributed by atoms with E-state index < -0.39 is 0 Å². The molecule has 3 N–H and O–H groups in total. The fourth-order valence-electron chi connectivity index (χ4n) is 1.77. The van der Waals surface area contributed by atoms with Crippen LogP contribution in [0.4, 0.5) is 0 Å². The second-order valence-electron chi connectivity index (χ2n) is 4.19. The van der Waals surface area contributed by atoms with Crippen LogP contribution < -0.4 is 11.1 Å². The normalized spacial score (nSPS) is 24.0. The van der Waals surface area contributed by atoms with E-state index in [9.17, 15) is 0 Å². The average molecular weight is 216 g/mol. The van der Waals surface area contributed by atoms with Crippen LogP contribution in [0, 0.1) is 0 Å². The molecule has 1 heterocycles. The quantitative estimate of drug-likeness (QED) is 0.651. The Balaban J connectivity index is 1.94. The van der Waals surface area contributed by atoms with Crippen LogP contribution in [0.15, 0.2) is 0 Å². The molecule has 1 saturated heterocycles. The van der Waals surface area contributed by atoms with Crippen LogP contribution in [0.2, 0.25) is 0 Å². The molecule has 0 saturated carbocycles. The van der Waals surface area contributed by atoms with Crippen molar-refractivity contribution in [2.45, 2.75) is 37.8 Å². The first-order chi connectivity index (χ1) is 7.33. The van der Waals surface area contributed by atoms with Gasteiger partial charge >= 0.3 is 0 Å². The van der Waals surface area contributed by atoms with Crippen LogP contribution in [0.25, 0.3) is 0 Å². The summed E-state index contributed by atoms with van der Waals surface area (Å²) in [5, 5.41) is 3.36. The van der Waals surface area contributed by atoms with E-state index in [0.717, 1.165) is 32.7 Å². The number of hydrogen-bond donors (Lipinski definition) is 2. The zero-order valence-electron chi connectivity index (χ0n) is 9.71. The van der Waals surface area contributed by atoms with Gasteiger partial charge in [-0.25, -0.2) is 0 Å². The standard InChI is InChI=1S/C11H24N2O2/c1-14-7-5-10(12)8-13-9-11-4-2-3-6-15-11/h10-11,13H,2-9,12H2,1H3. The summed E-state index contributed by atoms with van der Waals surface area (Å²) in [6, 6.07) is 0.188. The molecule has 2 unspecified atom stereocenters. The van der Waals surface area contributed by atoms with Crippen molar-refractivity contribution in [3.63, 3.8) is 0 Å². The van der Waals surface area contributed by atoms with Crippen LogP contribution >= 0.6 is 0 Å². The van der Waals surface area contributed by atoms with Crippen molar-refractivity contribution in [3.05, 3.63) is 0 Å². The first kappa shape index (κ1) is 12.9. The van der Waals surface area contributed by atoms with Crippen LogP contribution in [0.3, 0.4) is 0 Å². The third-order valence-electron chi connectivity index (χ3n) is 2.75. The van der Waals surface area contributed by atoms with Crippen LogP contribution in [-0.4, -0.2) is 45.6 Å². The van der Waals surface area contributed by atoms with E-state index in [2.05, 4.69) is 5.32 Å². The van der Waals surface area contributed by atoms with Gasteiger partial charge in [-0.1, -0.05) is 0 Å². The molecule has 1 aliphatic heterocycles. The Bertz CT molecular complexity index is 150. The molecule has 4 heteroatoms. The summed E-state index contributed by atoms with van der Waals surface area (Å²) in [5.41, 5.74) is 5.89. The summed E-state index contributed by atoms with van der Waals surface area (Å²) in [4.78, 5) is 0. The maximum Gasteiger partial charge on any atom is 0.0699 e. The van der Waals surface area contributed by atoms with Crippen molar-refractivity contribution in [2.75, 3.05) is 33.4 Å². The second-order valence-corrected chi connectivity index (χ2v) is 4.19. The molecule has 0 amide bonds. The molecular formula is C11H24N2O2. The van der Waals surface area contributed by atoms with Gasteiger partial charge in [0, 0.05) is 39.5 Å². The highest BCUT2D eigenvalue weighted by molar-refractivity contribution is 4.69. The third-order valence-corrected chi connectivity index (χ3v) is 2.75. The SMILES string of the molecule is COCCC(N)CNCC1CCCCO1. The molecule has 90 valence electrons. The van der Waals surface area contributed by atoms with Crippen molar-refractivity contribution in [1.82, 2.24) is 5.32 Å². The van der Waals surface area contributed by atoms with Gasteiger partial charge in [0.2, 0.25) is 0 Å². The summed E-state index contributed by atoms with van der Waals surface area (Å²) in [7, 11) is 1.70. The number of methoxy groups -OCH3 is 1. The maximum atomic E-state index is 5.89. The summed E-state index contributed by atoms with van der Waals surface area (Å²) in [6.45, 7) is 3.44. The number of rotatable bonds is 7. The number of hydrogen-bond acceptors (Lipinski definition) is 4. The van der Waals surface area contributed by atoms with Crippen LogP contribution in [0.1, 0.15) is 25.7 Å². The zero-order valence-corrected chi connectivity index (χ0v) is 9.71. The lowest BCUT2D eigenvalue weighted by Gasteiger charge is -2.23. The Labute approximate surface area is 92.5 Å². The highest BCUT2D eigenvalue weighted by Gasteiger charge is 2.13. The summed E-state index contributed by atoms with van der Waals surface area (Å²) >= 11 is 0. The van der Waals surface area contributed by atoms with Crippen molar-refractivity contribution >= 4 is 0 Å². The summed E-state index contributed by atoms with van der Waals surface area (Å²) in [5.74, 6) is 0. The molecule has 0 spiro atoms. The van der Waals surface area contributed by atoms with Crippen molar-refractivity contribution in [3.8, 4) is 0 Å². The summed E-state index contributed by atoms with van der Waals surface area (Å²) < 4.78 is 10.6. The van der Waals surface area contributed by atoms with Gasteiger partial charge in [0.25, 0.3) is 0 Å². The lowest BCUT2D eigenvalue weighted by molar-refractivity contribution is 0.0168. The van der Waals surface area contributed by atoms with Gasteiger partial charge in [0.05, 0.1) is 6.10 Å². The molecule has 0 bridgehead atoms. The van der Waals surface area contributed by atoms with Gasteiger partial charge in [-0.2, -0.15) is 0 Å². The number of nitrogens with one attached hydrogen (secondary N) is 1. The smallest absolute Gasteiger partial charge is 0.0699 e. The molecular weight excluding hydrogens is 192 g/mol. The Hall–Kier alpha value is -0.160. The minimum absolute atomic E-state index is 0.188. The molecule has 1 aliphatic rings. The van der Waals surface area contributed by atoms with Gasteiger partial charge in [0.1, 0.15) is 0 Å². The van der Waals surface area contributed by atoms with Crippen molar-refractivity contribution < 1.29 is 9.47 Å². The zero-order chi connectivity index (χ0) is 10.9. The molecule has 1 rings (SSSR count). The lowest BCUT2D eigenvalue weighted by atomic mass is 10.1. The van der Waals surface area contributed by atoms with Gasteiger partial charge in [-0.05, 0) is 25.7 Å². The van der Waals surface area contributed by atoms with Crippen molar-refractivity contribution in [1.29, 1.82) is 0 Å². The van der Waals surface area contributed by atoms with E-state index in [-0.39, 0.29) is 6.04 Å². The van der Waals surface area contributed by atoms with E-state index in [1.54, 1.807) is 7.11 Å². The Morgan fingerprint density at radius 3 is 3.07 bits per heavy atom. The molecule has 4 nitrogen and oxygen atoms in total. The van der Waals surface area contributed by atoms with Crippen molar-refractivity contribution in [2.24, 2.45) is 5.73 Å². The lowest BCUT2D eigenvalue weighted by Crippen LogP contribution is -2.39. The first-order valence-corrected chi connectivity index (χ1v) is 5.89. The van der Waals surface area contributed by atoms with Crippen LogP contribution in [-0.2, 0) is 9.47 Å². The Morgan fingerprint density at radius 1 is 1.53 bits per heavy atom. The number of nitrogens with two attached hydrogens (primary N) is 1. The van der Waals surface area contributed by atoms with E-state index >= 15 is 0 Å². The van der Waals surface area contributed by atoms with Gasteiger partial charge in [-0.15, -0.1) is 0 Å². The third kappa shape index (κ3) is 6.10. The highest BCUT2D eigenvalue weighted by atomic mass is 16.5. The fraction of sp³-hybridized carbons (Fsp3) is 1.00. The predicted octanol–water partition coefficient (Wildman–Crippen LogP) is 0.509. The Kier molecular flexibility index (Phi) is 6.92. The second kappa shape index (κ2) is 8.05. The average Bonchev–Trinajstić information content (AvgIpc) is 2.28. The molecule has 15 heavy (non-hydrogen) atoms. The molecule has 0 aromatic carbocycles. The fourth-order valence-corrected chi connectivity index (χ4v) is 1.77. The molecule has 0 radical (unpaired) electrons. The van der Waals surface area contributed by atoms with E-state index in [1.165, 1.54) is 19.3 Å². The van der Waals surface area contributed by atoms with E-state index in [1.807, 2.05) is 0 Å². The number of ether oxygens (including phenoxy) is 2. The molecule has 2 atom stereocenters.